The van der Waals surface area contributed by atoms with Gasteiger partial charge in [-0.2, -0.15) is 0 Å². The molecule has 0 unspecified atom stereocenters. The first-order valence-electron chi connectivity index (χ1n) is 19.8. The van der Waals surface area contributed by atoms with Crippen LogP contribution in [0.3, 0.4) is 0 Å². The molecule has 12 rings (SSSR count). The van der Waals surface area contributed by atoms with Crippen molar-refractivity contribution in [3.05, 3.63) is 235 Å². The zero-order valence-electron chi connectivity index (χ0n) is 31.5. The van der Waals surface area contributed by atoms with Crippen LogP contribution in [0, 0.1) is 0 Å². The van der Waals surface area contributed by atoms with E-state index in [2.05, 4.69) is 199 Å². The average molecular weight is 742 g/mol. The average Bonchev–Trinajstić information content (AvgIpc) is 3.61. The van der Waals surface area contributed by atoms with Gasteiger partial charge < -0.3 is 9.47 Å². The number of anilines is 3. The third-order valence-electron chi connectivity index (χ3n) is 12.1. The van der Waals surface area contributed by atoms with Gasteiger partial charge in [0.15, 0.2) is 23.0 Å². The Hall–Kier alpha value is -7.62. The molecule has 9 aromatic rings. The molecular formula is C55H35NO2. The third-order valence-corrected chi connectivity index (χ3v) is 12.1. The fraction of sp³-hybridized carbons (Fsp3) is 0.0182. The van der Waals surface area contributed by atoms with Crippen LogP contribution in [0.5, 0.6) is 23.0 Å². The molecular weight excluding hydrogens is 707 g/mol. The Morgan fingerprint density at radius 3 is 1.55 bits per heavy atom. The monoisotopic (exact) mass is 741 g/mol. The molecule has 0 aromatic heterocycles. The van der Waals surface area contributed by atoms with Crippen molar-refractivity contribution in [3.63, 3.8) is 0 Å². The maximum Gasteiger partial charge on any atom is 0.156 e. The van der Waals surface area contributed by atoms with Gasteiger partial charge in [-0.05, 0) is 103 Å². The zero-order chi connectivity index (χ0) is 38.2. The number of benzene rings is 9. The highest BCUT2D eigenvalue weighted by Crippen LogP contribution is 2.62. The highest BCUT2D eigenvalue weighted by Gasteiger charge is 2.47. The van der Waals surface area contributed by atoms with Crippen LogP contribution in [0.4, 0.5) is 17.1 Å². The lowest BCUT2D eigenvalue weighted by molar-refractivity contribution is 0.446. The molecule has 3 nitrogen and oxygen atoms in total. The van der Waals surface area contributed by atoms with Crippen molar-refractivity contribution in [1.82, 2.24) is 0 Å². The van der Waals surface area contributed by atoms with Gasteiger partial charge in [0, 0.05) is 0 Å². The van der Waals surface area contributed by atoms with Crippen molar-refractivity contribution in [2.75, 3.05) is 4.90 Å². The second-order valence-electron chi connectivity index (χ2n) is 15.2. The molecule has 0 saturated carbocycles. The van der Waals surface area contributed by atoms with Crippen LogP contribution in [0.1, 0.15) is 22.3 Å². The number of hydrogen-bond donors (Lipinski definition) is 0. The van der Waals surface area contributed by atoms with Gasteiger partial charge in [-0.25, -0.2) is 0 Å². The number of rotatable bonds is 5. The van der Waals surface area contributed by atoms with E-state index < -0.39 is 5.41 Å². The Balaban J connectivity index is 1.02. The minimum Gasteiger partial charge on any atom is -0.453 e. The largest absolute Gasteiger partial charge is 0.453 e. The van der Waals surface area contributed by atoms with E-state index in [4.69, 9.17) is 9.47 Å². The van der Waals surface area contributed by atoms with Crippen molar-refractivity contribution >= 4 is 17.1 Å². The summed E-state index contributed by atoms with van der Waals surface area (Å²) >= 11 is 0. The molecule has 0 fully saturated rings. The van der Waals surface area contributed by atoms with Crippen LogP contribution in [0.2, 0.25) is 0 Å². The molecule has 58 heavy (non-hydrogen) atoms. The van der Waals surface area contributed by atoms with Gasteiger partial charge in [0.25, 0.3) is 0 Å². The van der Waals surface area contributed by atoms with E-state index in [1.54, 1.807) is 0 Å². The molecule has 9 aromatic carbocycles. The minimum absolute atomic E-state index is 0.474. The Kier molecular flexibility index (Phi) is 7.14. The second kappa shape index (κ2) is 12.7. The van der Waals surface area contributed by atoms with E-state index in [0.29, 0.717) is 0 Å². The number of ether oxygens (including phenoxy) is 2. The number of nitrogens with zero attached hydrogens (tertiary/aromatic N) is 1. The van der Waals surface area contributed by atoms with E-state index in [0.717, 1.165) is 56.8 Å². The van der Waals surface area contributed by atoms with Gasteiger partial charge in [0.05, 0.1) is 16.8 Å². The first-order chi connectivity index (χ1) is 28.8. The van der Waals surface area contributed by atoms with Gasteiger partial charge in [0.2, 0.25) is 0 Å². The van der Waals surface area contributed by atoms with Gasteiger partial charge in [-0.15, -0.1) is 0 Å². The van der Waals surface area contributed by atoms with Crippen molar-refractivity contribution in [1.29, 1.82) is 0 Å². The summed E-state index contributed by atoms with van der Waals surface area (Å²) in [7, 11) is 0. The lowest BCUT2D eigenvalue weighted by Gasteiger charge is -2.38. The van der Waals surface area contributed by atoms with Crippen molar-refractivity contribution < 1.29 is 9.47 Å². The smallest absolute Gasteiger partial charge is 0.156 e. The van der Waals surface area contributed by atoms with E-state index in [-0.39, 0.29) is 0 Å². The van der Waals surface area contributed by atoms with Crippen LogP contribution in [-0.2, 0) is 5.41 Å². The van der Waals surface area contributed by atoms with Gasteiger partial charge >= 0.3 is 0 Å². The number of hydrogen-bond acceptors (Lipinski definition) is 3. The summed E-state index contributed by atoms with van der Waals surface area (Å²) in [6.45, 7) is 0. The molecule has 2 heterocycles. The van der Waals surface area contributed by atoms with Crippen LogP contribution < -0.4 is 14.4 Å². The van der Waals surface area contributed by atoms with Gasteiger partial charge in [-0.1, -0.05) is 176 Å². The minimum atomic E-state index is -0.474. The molecule has 0 radical (unpaired) electrons. The van der Waals surface area contributed by atoms with Crippen molar-refractivity contribution in [2.24, 2.45) is 0 Å². The van der Waals surface area contributed by atoms with E-state index in [9.17, 15) is 0 Å². The van der Waals surface area contributed by atoms with E-state index in [1.165, 1.54) is 50.1 Å². The molecule has 0 saturated heterocycles. The fourth-order valence-corrected chi connectivity index (χ4v) is 9.63. The standard InChI is InChI=1S/C55H35NO2/c1-4-15-36(16-5-1)37-27-29-38(30-28-37)40-34-51-54-52(35-40)58-50-33-39(31-32-48(50)56(54)47-25-12-13-26-49(47)57-51)43-22-14-24-46-53(43)44-21-10-11-23-45(44)55(46,41-17-6-2-7-18-41)42-19-8-3-9-20-42/h1-35H. The van der Waals surface area contributed by atoms with Crippen LogP contribution in [-0.4, -0.2) is 0 Å². The summed E-state index contributed by atoms with van der Waals surface area (Å²) in [6, 6.07) is 76.1. The molecule has 0 bridgehead atoms. The fourth-order valence-electron chi connectivity index (χ4n) is 9.63. The lowest BCUT2D eigenvalue weighted by atomic mass is 9.67. The van der Waals surface area contributed by atoms with Crippen LogP contribution >= 0.6 is 0 Å². The molecule has 3 aliphatic rings. The molecule has 0 N–H and O–H groups in total. The molecule has 2 aliphatic heterocycles. The van der Waals surface area contributed by atoms with Crippen molar-refractivity contribution in [2.45, 2.75) is 5.41 Å². The van der Waals surface area contributed by atoms with Gasteiger partial charge in [0.1, 0.15) is 5.69 Å². The summed E-state index contributed by atoms with van der Waals surface area (Å²) in [5, 5.41) is 0. The van der Waals surface area contributed by atoms with Crippen LogP contribution in [0.25, 0.3) is 44.5 Å². The highest BCUT2D eigenvalue weighted by atomic mass is 16.5. The topological polar surface area (TPSA) is 21.7 Å². The number of para-hydroxylation sites is 2. The van der Waals surface area contributed by atoms with E-state index in [1.807, 2.05) is 18.2 Å². The summed E-state index contributed by atoms with van der Waals surface area (Å²) in [5.74, 6) is 3.13. The zero-order valence-corrected chi connectivity index (χ0v) is 31.5. The Labute approximate surface area is 337 Å². The predicted octanol–water partition coefficient (Wildman–Crippen LogP) is 14.7. The highest BCUT2D eigenvalue weighted by molar-refractivity contribution is 5.99. The Bertz CT molecular complexity index is 3010. The summed E-state index contributed by atoms with van der Waals surface area (Å²) in [6.07, 6.45) is 0. The molecule has 272 valence electrons. The predicted molar refractivity (Wildman–Crippen MR) is 235 cm³/mol. The van der Waals surface area contributed by atoms with Crippen molar-refractivity contribution in [3.8, 4) is 67.5 Å². The second-order valence-corrected chi connectivity index (χ2v) is 15.2. The molecule has 1 aliphatic carbocycles. The molecule has 0 atom stereocenters. The lowest BCUT2D eigenvalue weighted by Crippen LogP contribution is -2.28. The maximum atomic E-state index is 7.00. The SMILES string of the molecule is c1ccc(-c2ccc(-c3cc4c5c(c3)Oc3cc(-c6cccc7c6-c6ccccc6C7(c6ccccc6)c6ccccc6)ccc3N5c3ccccc3O4)cc2)cc1. The molecule has 3 heteroatoms. The maximum absolute atomic E-state index is 7.00. The first-order valence-corrected chi connectivity index (χ1v) is 19.8. The van der Waals surface area contributed by atoms with E-state index >= 15 is 0 Å². The summed E-state index contributed by atoms with van der Waals surface area (Å²) in [4.78, 5) is 2.30. The van der Waals surface area contributed by atoms with Gasteiger partial charge in [-0.3, -0.25) is 4.90 Å². The Morgan fingerprint density at radius 1 is 0.328 bits per heavy atom. The first kappa shape index (κ1) is 32.6. The molecule has 0 spiro atoms. The quantitative estimate of drug-likeness (QED) is 0.175. The molecule has 0 amide bonds. The normalized spacial score (nSPS) is 13.6. The Morgan fingerprint density at radius 2 is 0.828 bits per heavy atom. The summed E-state index contributed by atoms with van der Waals surface area (Å²) in [5.41, 5.74) is 16.7. The summed E-state index contributed by atoms with van der Waals surface area (Å²) < 4.78 is 13.6. The third kappa shape index (κ3) is 4.74. The number of fused-ring (bicyclic) bond motifs is 7. The van der Waals surface area contributed by atoms with Crippen LogP contribution in [0.15, 0.2) is 212 Å².